The molecule has 6 nitrogen and oxygen atoms in total. The lowest BCUT2D eigenvalue weighted by Crippen LogP contribution is -2.56. The van der Waals surface area contributed by atoms with E-state index < -0.39 is 0 Å². The van der Waals surface area contributed by atoms with Crippen molar-refractivity contribution in [1.29, 1.82) is 0 Å². The number of carbonyl (C=O) groups excluding carboxylic acids is 2. The van der Waals surface area contributed by atoms with Crippen molar-refractivity contribution >= 4 is 17.6 Å². The zero-order chi connectivity index (χ0) is 13.1. The molecule has 2 amide bonds. The van der Waals surface area contributed by atoms with E-state index in [0.29, 0.717) is 6.54 Å². The summed E-state index contributed by atoms with van der Waals surface area (Å²) >= 11 is 0. The molecule has 0 aliphatic carbocycles. The average Bonchev–Trinajstić information content (AvgIpc) is 2.35. The maximum Gasteiger partial charge on any atom is 0.243 e. The van der Waals surface area contributed by atoms with Crippen LogP contribution < -0.4 is 10.6 Å². The van der Waals surface area contributed by atoms with Gasteiger partial charge in [0.25, 0.3) is 0 Å². The van der Waals surface area contributed by atoms with E-state index in [0.717, 1.165) is 11.5 Å². The molecule has 1 aromatic heterocycles. The molecule has 0 spiro atoms. The van der Waals surface area contributed by atoms with Crippen LogP contribution in [0.2, 0.25) is 0 Å². The largest absolute Gasteiger partial charge is 0.373 e. The monoisotopic (exact) mass is 248 g/mol. The molecule has 1 atom stereocenters. The minimum Gasteiger partial charge on any atom is -0.373 e. The first-order valence-corrected chi connectivity index (χ1v) is 5.81. The van der Waals surface area contributed by atoms with Crippen LogP contribution in [0.15, 0.2) is 18.2 Å². The molecule has 1 aromatic rings. The molecule has 96 valence electrons. The summed E-state index contributed by atoms with van der Waals surface area (Å²) in [5.41, 5.74) is 0.830. The Labute approximate surface area is 105 Å². The van der Waals surface area contributed by atoms with Crippen molar-refractivity contribution in [1.82, 2.24) is 15.2 Å². The molecule has 0 saturated carbocycles. The van der Waals surface area contributed by atoms with Gasteiger partial charge in [0, 0.05) is 13.6 Å². The molecule has 2 rings (SSSR count). The van der Waals surface area contributed by atoms with Gasteiger partial charge in [-0.05, 0) is 19.1 Å². The number of nitrogens with zero attached hydrogens (tertiary/aromatic N) is 2. The Morgan fingerprint density at radius 2 is 2.28 bits per heavy atom. The summed E-state index contributed by atoms with van der Waals surface area (Å²) < 4.78 is 0. The fourth-order valence-corrected chi connectivity index (χ4v) is 1.88. The summed E-state index contributed by atoms with van der Waals surface area (Å²) in [5, 5.41) is 5.27. The highest BCUT2D eigenvalue weighted by atomic mass is 16.2. The number of carbonyl (C=O) groups is 2. The van der Waals surface area contributed by atoms with E-state index >= 15 is 0 Å². The molecule has 1 aliphatic heterocycles. The predicted molar refractivity (Wildman–Crippen MR) is 66.8 cm³/mol. The number of rotatable bonds is 3. The van der Waals surface area contributed by atoms with Gasteiger partial charge >= 0.3 is 0 Å². The van der Waals surface area contributed by atoms with Crippen molar-refractivity contribution in [2.24, 2.45) is 0 Å². The van der Waals surface area contributed by atoms with E-state index in [4.69, 9.17) is 0 Å². The minimum atomic E-state index is -0.317. The van der Waals surface area contributed by atoms with Crippen LogP contribution in [-0.4, -0.2) is 41.3 Å². The number of hydrogen-bond acceptors (Lipinski definition) is 5. The quantitative estimate of drug-likeness (QED) is 0.735. The van der Waals surface area contributed by atoms with Crippen molar-refractivity contribution < 1.29 is 9.59 Å². The maximum absolute atomic E-state index is 11.5. The van der Waals surface area contributed by atoms with Crippen LogP contribution in [0.25, 0.3) is 0 Å². The number of imide groups is 1. The molecule has 6 heteroatoms. The Morgan fingerprint density at radius 3 is 3.00 bits per heavy atom. The van der Waals surface area contributed by atoms with E-state index in [1.54, 1.807) is 14.0 Å². The highest BCUT2D eigenvalue weighted by Crippen LogP contribution is 2.11. The van der Waals surface area contributed by atoms with E-state index in [-0.39, 0.29) is 24.4 Å². The number of anilines is 1. The molecule has 0 radical (unpaired) electrons. The van der Waals surface area contributed by atoms with Gasteiger partial charge in [-0.3, -0.25) is 19.8 Å². The van der Waals surface area contributed by atoms with Gasteiger partial charge < -0.3 is 5.32 Å². The number of pyridine rings is 1. The molecule has 2 N–H and O–H groups in total. The number of nitrogens with one attached hydrogen (secondary N) is 2. The van der Waals surface area contributed by atoms with Gasteiger partial charge in [0.1, 0.15) is 5.82 Å². The van der Waals surface area contributed by atoms with Crippen LogP contribution in [-0.2, 0) is 16.1 Å². The van der Waals surface area contributed by atoms with Crippen LogP contribution >= 0.6 is 0 Å². The van der Waals surface area contributed by atoms with Crippen molar-refractivity contribution in [3.63, 3.8) is 0 Å². The first-order chi connectivity index (χ1) is 8.60. The molecule has 1 fully saturated rings. The standard InChI is InChI=1S/C12H16N4O2/c1-8-12(18)15-11(17)7-16(8)6-9-4-3-5-10(13-2)14-9/h3-5,8H,6-7H2,1-2H3,(H,13,14)(H,15,17,18). The second-order valence-corrected chi connectivity index (χ2v) is 4.26. The fraction of sp³-hybridized carbons (Fsp3) is 0.417. The SMILES string of the molecule is CNc1cccc(CN2CC(=O)NC(=O)C2C)n1. The summed E-state index contributed by atoms with van der Waals surface area (Å²) in [7, 11) is 1.80. The van der Waals surface area contributed by atoms with E-state index in [1.807, 2.05) is 23.1 Å². The lowest BCUT2D eigenvalue weighted by molar-refractivity contribution is -0.139. The van der Waals surface area contributed by atoms with Gasteiger partial charge in [-0.25, -0.2) is 4.98 Å². The number of hydrogen-bond donors (Lipinski definition) is 2. The van der Waals surface area contributed by atoms with Crippen LogP contribution in [0.5, 0.6) is 0 Å². The third kappa shape index (κ3) is 2.65. The molecule has 0 bridgehead atoms. The zero-order valence-electron chi connectivity index (χ0n) is 10.4. The highest BCUT2D eigenvalue weighted by molar-refractivity contribution is 6.00. The van der Waals surface area contributed by atoms with Crippen molar-refractivity contribution in [2.75, 3.05) is 18.9 Å². The van der Waals surface area contributed by atoms with Crippen molar-refractivity contribution in [3.8, 4) is 0 Å². The summed E-state index contributed by atoms with van der Waals surface area (Å²) in [6, 6.07) is 5.32. The van der Waals surface area contributed by atoms with Crippen LogP contribution in [0, 0.1) is 0 Å². The molecular weight excluding hydrogens is 232 g/mol. The summed E-state index contributed by atoms with van der Waals surface area (Å²) in [5.74, 6) is 0.256. The Balaban J connectivity index is 2.11. The molecule has 0 aromatic carbocycles. The van der Waals surface area contributed by atoms with Gasteiger partial charge in [-0.1, -0.05) is 6.07 Å². The van der Waals surface area contributed by atoms with Gasteiger partial charge in [-0.15, -0.1) is 0 Å². The predicted octanol–water partition coefficient (Wildman–Crippen LogP) is -0.0298. The molecule has 1 saturated heterocycles. The Bertz CT molecular complexity index is 475. The first-order valence-electron chi connectivity index (χ1n) is 5.81. The minimum absolute atomic E-state index is 0.221. The molecule has 2 heterocycles. The maximum atomic E-state index is 11.5. The van der Waals surface area contributed by atoms with Crippen LogP contribution in [0.4, 0.5) is 5.82 Å². The van der Waals surface area contributed by atoms with E-state index in [1.165, 1.54) is 0 Å². The van der Waals surface area contributed by atoms with Crippen molar-refractivity contribution in [2.45, 2.75) is 19.5 Å². The second-order valence-electron chi connectivity index (χ2n) is 4.26. The van der Waals surface area contributed by atoms with E-state index in [2.05, 4.69) is 15.6 Å². The van der Waals surface area contributed by atoms with Gasteiger partial charge in [0.05, 0.1) is 18.3 Å². The summed E-state index contributed by atoms with van der Waals surface area (Å²) in [6.07, 6.45) is 0. The first kappa shape index (κ1) is 12.5. The van der Waals surface area contributed by atoms with Crippen LogP contribution in [0.3, 0.4) is 0 Å². The smallest absolute Gasteiger partial charge is 0.243 e. The third-order valence-corrected chi connectivity index (χ3v) is 2.96. The Morgan fingerprint density at radius 1 is 1.50 bits per heavy atom. The third-order valence-electron chi connectivity index (χ3n) is 2.96. The summed E-state index contributed by atoms with van der Waals surface area (Å²) in [4.78, 5) is 29.0. The number of aromatic nitrogens is 1. The summed E-state index contributed by atoms with van der Waals surface area (Å²) in [6.45, 7) is 2.48. The average molecular weight is 248 g/mol. The van der Waals surface area contributed by atoms with Crippen LogP contribution in [0.1, 0.15) is 12.6 Å². The highest BCUT2D eigenvalue weighted by Gasteiger charge is 2.30. The second kappa shape index (κ2) is 5.14. The molecular formula is C12H16N4O2. The fourth-order valence-electron chi connectivity index (χ4n) is 1.88. The van der Waals surface area contributed by atoms with Gasteiger partial charge in [-0.2, -0.15) is 0 Å². The van der Waals surface area contributed by atoms with E-state index in [9.17, 15) is 9.59 Å². The lowest BCUT2D eigenvalue weighted by atomic mass is 10.2. The topological polar surface area (TPSA) is 74.3 Å². The van der Waals surface area contributed by atoms with Gasteiger partial charge in [0.15, 0.2) is 0 Å². The number of piperazine rings is 1. The normalized spacial score (nSPS) is 20.7. The molecule has 1 aliphatic rings. The Hall–Kier alpha value is -1.95. The number of amides is 2. The van der Waals surface area contributed by atoms with Gasteiger partial charge in [0.2, 0.25) is 11.8 Å². The lowest BCUT2D eigenvalue weighted by Gasteiger charge is -2.31. The van der Waals surface area contributed by atoms with Crippen molar-refractivity contribution in [3.05, 3.63) is 23.9 Å². The Kier molecular flexibility index (Phi) is 3.57. The molecule has 1 unspecified atom stereocenters. The molecule has 18 heavy (non-hydrogen) atoms. The zero-order valence-corrected chi connectivity index (χ0v) is 10.4.